The molecule has 2 aromatic rings. The number of rotatable bonds is 10. The van der Waals surface area contributed by atoms with Crippen molar-refractivity contribution in [1.82, 2.24) is 0 Å². The van der Waals surface area contributed by atoms with Crippen LogP contribution < -0.4 is 9.47 Å². The number of allylic oxidation sites excluding steroid dienone is 1. The molecule has 7 heteroatoms. The lowest BCUT2D eigenvalue weighted by Crippen LogP contribution is -2.19. The quantitative estimate of drug-likeness (QED) is 0.267. The van der Waals surface area contributed by atoms with Gasteiger partial charge in [0.15, 0.2) is 11.0 Å². The molecule has 2 rings (SSSR count). The van der Waals surface area contributed by atoms with Crippen molar-refractivity contribution in [2.24, 2.45) is 0 Å². The van der Waals surface area contributed by atoms with Gasteiger partial charge in [-0.15, -0.1) is 11.6 Å². The van der Waals surface area contributed by atoms with Gasteiger partial charge in [-0.3, -0.25) is 0 Å². The van der Waals surface area contributed by atoms with Crippen LogP contribution in [0.1, 0.15) is 37.5 Å². The highest BCUT2D eigenvalue weighted by molar-refractivity contribution is 6.32. The smallest absolute Gasteiger partial charge is 0.186 e. The van der Waals surface area contributed by atoms with Crippen LogP contribution >= 0.6 is 34.8 Å². The summed E-state index contributed by atoms with van der Waals surface area (Å²) < 4.78 is 16.6. The maximum absolute atomic E-state index is 9.55. The minimum absolute atomic E-state index is 0.0864. The fourth-order valence-corrected chi connectivity index (χ4v) is 3.38. The highest BCUT2D eigenvalue weighted by atomic mass is 35.5. The second kappa shape index (κ2) is 11.3. The Balaban J connectivity index is 2.23. The Bertz CT molecular complexity index is 992. The maximum atomic E-state index is 9.55. The number of alkyl halides is 1. The number of hydrogen-bond acceptors (Lipinski definition) is 4. The third-order valence-corrected chi connectivity index (χ3v) is 5.24. The van der Waals surface area contributed by atoms with Crippen molar-refractivity contribution < 1.29 is 14.2 Å². The van der Waals surface area contributed by atoms with E-state index in [-0.39, 0.29) is 18.4 Å². The average molecular weight is 481 g/mol. The molecule has 2 aromatic carbocycles. The maximum Gasteiger partial charge on any atom is 0.186 e. The van der Waals surface area contributed by atoms with Gasteiger partial charge in [0, 0.05) is 5.41 Å². The molecule has 0 saturated heterocycles. The van der Waals surface area contributed by atoms with Crippen LogP contribution in [-0.4, -0.2) is 19.1 Å². The topological polar surface area (TPSA) is 51.5 Å². The molecule has 0 unspecified atom stereocenters. The van der Waals surface area contributed by atoms with Crippen molar-refractivity contribution >= 4 is 34.8 Å². The minimum atomic E-state index is -0.410. The number of benzene rings is 2. The van der Waals surface area contributed by atoms with E-state index >= 15 is 0 Å². The second-order valence-corrected chi connectivity index (χ2v) is 8.34. The van der Waals surface area contributed by atoms with Gasteiger partial charge < -0.3 is 14.2 Å². The first-order valence-corrected chi connectivity index (χ1v) is 10.9. The normalized spacial score (nSPS) is 11.6. The monoisotopic (exact) mass is 479 g/mol. The number of nitriles is 1. The fourth-order valence-electron chi connectivity index (χ4n) is 2.93. The van der Waals surface area contributed by atoms with E-state index in [0.717, 1.165) is 11.1 Å². The molecule has 0 aliphatic heterocycles. The Morgan fingerprint density at radius 1 is 1.16 bits per heavy atom. The van der Waals surface area contributed by atoms with E-state index in [9.17, 15) is 5.26 Å². The van der Waals surface area contributed by atoms with Crippen LogP contribution in [0, 0.1) is 11.3 Å². The molecule has 0 bridgehead atoms. The van der Waals surface area contributed by atoms with Crippen LogP contribution in [0.15, 0.2) is 60.0 Å². The van der Waals surface area contributed by atoms with E-state index < -0.39 is 5.41 Å². The summed E-state index contributed by atoms with van der Waals surface area (Å²) >= 11 is 17.8. The van der Waals surface area contributed by atoms with Crippen LogP contribution in [-0.2, 0) is 10.2 Å². The first kappa shape index (κ1) is 24.9. The van der Waals surface area contributed by atoms with Crippen LogP contribution in [0.25, 0.3) is 0 Å². The zero-order chi connectivity index (χ0) is 23.0. The summed E-state index contributed by atoms with van der Waals surface area (Å²) in [4.78, 5) is 0. The number of ether oxygens (including phenoxy) is 3. The number of halogens is 3. The Hall–Kier alpha value is -2.32. The molecule has 0 aliphatic carbocycles. The molecule has 0 heterocycles. The Labute approximate surface area is 198 Å². The second-order valence-electron chi connectivity index (χ2n) is 7.13. The molecule has 0 radical (unpaired) electrons. The summed E-state index contributed by atoms with van der Waals surface area (Å²) in [7, 11) is 0. The van der Waals surface area contributed by atoms with Gasteiger partial charge in [-0.1, -0.05) is 37.6 Å². The molecular formula is C24H24Cl3NO3. The molecule has 0 amide bonds. The number of nitrogens with zero attached hydrogens (tertiary/aromatic N) is 1. The van der Waals surface area contributed by atoms with Crippen molar-refractivity contribution in [2.45, 2.75) is 26.2 Å². The summed E-state index contributed by atoms with van der Waals surface area (Å²) in [6, 6.07) is 13.5. The van der Waals surface area contributed by atoms with Gasteiger partial charge in [0.25, 0.3) is 0 Å². The lowest BCUT2D eigenvalue weighted by atomic mass is 9.77. The Kier molecular flexibility index (Phi) is 9.13. The molecular weight excluding hydrogens is 457 g/mol. The molecule has 0 saturated carbocycles. The van der Waals surface area contributed by atoms with Crippen molar-refractivity contribution in [3.05, 3.63) is 81.7 Å². The summed E-state index contributed by atoms with van der Waals surface area (Å²) in [6.07, 6.45) is 1.77. The van der Waals surface area contributed by atoms with Gasteiger partial charge in [0.2, 0.25) is 0 Å². The van der Waals surface area contributed by atoms with Gasteiger partial charge >= 0.3 is 0 Å². The van der Waals surface area contributed by atoms with E-state index in [2.05, 4.69) is 26.5 Å². The average Bonchev–Trinajstić information content (AvgIpc) is 2.75. The van der Waals surface area contributed by atoms with Crippen molar-refractivity contribution in [2.75, 3.05) is 19.1 Å². The van der Waals surface area contributed by atoms with Crippen molar-refractivity contribution in [3.63, 3.8) is 0 Å². The largest absolute Gasteiger partial charge is 0.489 e. The van der Waals surface area contributed by atoms with Gasteiger partial charge in [-0.05, 0) is 66.6 Å². The van der Waals surface area contributed by atoms with E-state index in [4.69, 9.17) is 49.0 Å². The molecule has 0 fully saturated rings. The minimum Gasteiger partial charge on any atom is -0.489 e. The first-order valence-electron chi connectivity index (χ1n) is 9.56. The predicted molar refractivity (Wildman–Crippen MR) is 126 cm³/mol. The first-order chi connectivity index (χ1) is 14.7. The zero-order valence-electron chi connectivity index (χ0n) is 17.7. The SMILES string of the molecule is C=C(Cl)O/C(=C\C)COc1ccc(C(C)(C)c2cc(Cl)c(OCCCl)c(C#N)c2)cc1. The molecule has 0 aromatic heterocycles. The lowest BCUT2D eigenvalue weighted by molar-refractivity contribution is 0.242. The van der Waals surface area contributed by atoms with Crippen LogP contribution in [0.3, 0.4) is 0 Å². The van der Waals surface area contributed by atoms with Gasteiger partial charge in [-0.25, -0.2) is 0 Å². The molecule has 0 N–H and O–H groups in total. The predicted octanol–water partition coefficient (Wildman–Crippen LogP) is 7.16. The fraction of sp³-hybridized carbons (Fsp3) is 0.292. The number of hydrogen-bond donors (Lipinski definition) is 0. The van der Waals surface area contributed by atoms with E-state index in [1.807, 2.05) is 37.3 Å². The Morgan fingerprint density at radius 3 is 2.39 bits per heavy atom. The van der Waals surface area contributed by atoms with Gasteiger partial charge in [0.05, 0.1) is 16.5 Å². The van der Waals surface area contributed by atoms with E-state index in [0.29, 0.717) is 33.7 Å². The molecule has 4 nitrogen and oxygen atoms in total. The molecule has 0 atom stereocenters. The summed E-state index contributed by atoms with van der Waals surface area (Å²) in [5, 5.41) is 10.0. The Morgan fingerprint density at radius 2 is 1.84 bits per heavy atom. The van der Waals surface area contributed by atoms with Crippen LogP contribution in [0.2, 0.25) is 5.02 Å². The lowest BCUT2D eigenvalue weighted by Gasteiger charge is -2.27. The van der Waals surface area contributed by atoms with Crippen LogP contribution in [0.4, 0.5) is 0 Å². The third kappa shape index (κ3) is 6.58. The molecule has 164 valence electrons. The van der Waals surface area contributed by atoms with E-state index in [1.54, 1.807) is 12.1 Å². The summed E-state index contributed by atoms with van der Waals surface area (Å²) in [6.45, 7) is 9.97. The standard InChI is InChI=1S/C24H24Cl3NO3/c1-5-20(31-16(2)26)15-30-21-8-6-18(7-9-21)24(3,4)19-12-17(14-28)23(22(27)13-19)29-11-10-25/h5-9,12-13H,2,10-11,15H2,1,3-4H3/b20-5-. The van der Waals surface area contributed by atoms with E-state index in [1.165, 1.54) is 0 Å². The highest BCUT2D eigenvalue weighted by Gasteiger charge is 2.26. The third-order valence-electron chi connectivity index (χ3n) is 4.73. The van der Waals surface area contributed by atoms with Crippen LogP contribution in [0.5, 0.6) is 11.5 Å². The van der Waals surface area contributed by atoms with Crippen molar-refractivity contribution in [1.29, 1.82) is 5.26 Å². The summed E-state index contributed by atoms with van der Waals surface area (Å²) in [5.74, 6) is 1.92. The van der Waals surface area contributed by atoms with Crippen molar-refractivity contribution in [3.8, 4) is 17.6 Å². The molecule has 31 heavy (non-hydrogen) atoms. The highest BCUT2D eigenvalue weighted by Crippen LogP contribution is 2.38. The van der Waals surface area contributed by atoms with Gasteiger partial charge in [0.1, 0.15) is 30.8 Å². The summed E-state index contributed by atoms with van der Waals surface area (Å²) in [5.41, 5.74) is 1.89. The zero-order valence-corrected chi connectivity index (χ0v) is 19.9. The molecule has 0 spiro atoms. The molecule has 0 aliphatic rings. The van der Waals surface area contributed by atoms with Gasteiger partial charge in [-0.2, -0.15) is 5.26 Å².